The summed E-state index contributed by atoms with van der Waals surface area (Å²) >= 11 is 0. The summed E-state index contributed by atoms with van der Waals surface area (Å²) in [4.78, 5) is 18.2. The molecule has 4 aromatic carbocycles. The van der Waals surface area contributed by atoms with Crippen molar-refractivity contribution in [2.45, 2.75) is 30.3 Å². The summed E-state index contributed by atoms with van der Waals surface area (Å²) in [5.74, 6) is 0.385. The first-order chi connectivity index (χ1) is 20.4. The van der Waals surface area contributed by atoms with Gasteiger partial charge in [0.2, 0.25) is 15.9 Å². The Morgan fingerprint density at radius 3 is 1.88 bits per heavy atom. The fourth-order valence-electron chi connectivity index (χ4n) is 5.61. The molecule has 1 aliphatic rings. The van der Waals surface area contributed by atoms with Crippen LogP contribution in [0, 0.1) is 6.92 Å². The molecule has 5 rings (SSSR count). The molecule has 0 spiro atoms. The van der Waals surface area contributed by atoms with Crippen LogP contribution in [0.5, 0.6) is 5.75 Å². The smallest absolute Gasteiger partial charge is 0.241 e. The molecule has 1 amide bonds. The third kappa shape index (κ3) is 6.90. The predicted octanol–water partition coefficient (Wildman–Crippen LogP) is 4.83. The van der Waals surface area contributed by atoms with Gasteiger partial charge in [-0.3, -0.25) is 9.69 Å². The number of hydrogen-bond donors (Lipinski definition) is 1. The third-order valence-electron chi connectivity index (χ3n) is 7.78. The zero-order valence-electron chi connectivity index (χ0n) is 24.0. The van der Waals surface area contributed by atoms with Gasteiger partial charge in [0.15, 0.2) is 0 Å². The van der Waals surface area contributed by atoms with E-state index in [4.69, 9.17) is 4.74 Å². The van der Waals surface area contributed by atoms with Crippen molar-refractivity contribution in [3.05, 3.63) is 131 Å². The van der Waals surface area contributed by atoms with Gasteiger partial charge in [-0.1, -0.05) is 91.0 Å². The molecule has 0 saturated carbocycles. The summed E-state index contributed by atoms with van der Waals surface area (Å²) in [6, 6.07) is 34.1. The van der Waals surface area contributed by atoms with Gasteiger partial charge in [0.05, 0.1) is 18.0 Å². The summed E-state index contributed by atoms with van der Waals surface area (Å²) in [6.45, 7) is 4.14. The van der Waals surface area contributed by atoms with E-state index < -0.39 is 16.1 Å². The van der Waals surface area contributed by atoms with Gasteiger partial charge in [0, 0.05) is 26.2 Å². The van der Waals surface area contributed by atoms with Gasteiger partial charge in [0.25, 0.3) is 0 Å². The molecule has 1 aliphatic heterocycles. The van der Waals surface area contributed by atoms with E-state index in [1.54, 1.807) is 31.1 Å². The largest absolute Gasteiger partial charge is 0.496 e. The molecule has 1 unspecified atom stereocenters. The van der Waals surface area contributed by atoms with Crippen LogP contribution >= 0.6 is 0 Å². The van der Waals surface area contributed by atoms with Crippen LogP contribution in [0.1, 0.15) is 28.3 Å². The van der Waals surface area contributed by atoms with Gasteiger partial charge < -0.3 is 9.64 Å². The number of nitrogens with zero attached hydrogens (tertiary/aromatic N) is 2. The molecule has 0 aliphatic carbocycles. The van der Waals surface area contributed by atoms with Crippen LogP contribution in [-0.2, 0) is 21.2 Å². The maximum Gasteiger partial charge on any atom is 0.241 e. The molecule has 4 aromatic rings. The van der Waals surface area contributed by atoms with Gasteiger partial charge >= 0.3 is 0 Å². The summed E-state index contributed by atoms with van der Waals surface area (Å²) < 4.78 is 35.0. The number of rotatable bonds is 10. The molecule has 0 aromatic heterocycles. The summed E-state index contributed by atoms with van der Waals surface area (Å²) in [7, 11) is -2.42. The zero-order chi connectivity index (χ0) is 29.5. The van der Waals surface area contributed by atoms with E-state index >= 15 is 0 Å². The van der Waals surface area contributed by atoms with Crippen LogP contribution in [0.15, 0.2) is 114 Å². The van der Waals surface area contributed by atoms with Crippen molar-refractivity contribution in [1.29, 1.82) is 0 Å². The van der Waals surface area contributed by atoms with Gasteiger partial charge in [-0.05, 0) is 53.8 Å². The third-order valence-corrected chi connectivity index (χ3v) is 9.25. The number of methoxy groups -OCH3 is 1. The number of amides is 1. The molecule has 0 bridgehead atoms. The highest BCUT2D eigenvalue weighted by atomic mass is 32.2. The standard InChI is InChI=1S/C34H37N3O4S/c1-26-24-30(18-19-32(26)41-2)42(39,40)35-31(25-27-12-6-3-7-13-27)34(38)37-22-20-36(21-23-37)33(28-14-8-4-9-15-28)29-16-10-5-11-17-29/h3-19,24,31,33,35H,20-23,25H2,1-2H3. The van der Waals surface area contributed by atoms with Crippen LogP contribution in [0.3, 0.4) is 0 Å². The first kappa shape index (κ1) is 29.5. The maximum absolute atomic E-state index is 14.0. The zero-order valence-corrected chi connectivity index (χ0v) is 24.8. The Morgan fingerprint density at radius 1 is 0.810 bits per heavy atom. The first-order valence-corrected chi connectivity index (χ1v) is 15.7. The average molecular weight is 584 g/mol. The highest BCUT2D eigenvalue weighted by Gasteiger charge is 2.33. The number of piperazine rings is 1. The van der Waals surface area contributed by atoms with E-state index in [2.05, 4.69) is 58.2 Å². The van der Waals surface area contributed by atoms with Crippen molar-refractivity contribution in [3.8, 4) is 5.75 Å². The number of carbonyl (C=O) groups is 1. The van der Waals surface area contributed by atoms with Gasteiger partial charge in [-0.2, -0.15) is 4.72 Å². The van der Waals surface area contributed by atoms with E-state index in [0.717, 1.165) is 5.56 Å². The van der Waals surface area contributed by atoms with Crippen LogP contribution in [-0.4, -0.2) is 63.5 Å². The Hall–Kier alpha value is -3.98. The van der Waals surface area contributed by atoms with E-state index in [-0.39, 0.29) is 23.3 Å². The number of aryl methyl sites for hydroxylation is 1. The number of hydrogen-bond acceptors (Lipinski definition) is 5. The lowest BCUT2D eigenvalue weighted by Crippen LogP contribution is -2.56. The van der Waals surface area contributed by atoms with Gasteiger partial charge in [0.1, 0.15) is 11.8 Å². The van der Waals surface area contributed by atoms with E-state index in [0.29, 0.717) is 37.5 Å². The summed E-state index contributed by atoms with van der Waals surface area (Å²) in [5, 5.41) is 0. The molecule has 1 saturated heterocycles. The molecule has 8 heteroatoms. The minimum Gasteiger partial charge on any atom is -0.496 e. The van der Waals surface area contributed by atoms with Crippen molar-refractivity contribution >= 4 is 15.9 Å². The van der Waals surface area contributed by atoms with Crippen LogP contribution in [0.25, 0.3) is 0 Å². The SMILES string of the molecule is COc1ccc(S(=O)(=O)NC(Cc2ccccc2)C(=O)N2CCN(C(c3ccccc3)c3ccccc3)CC2)cc1C. The first-order valence-electron chi connectivity index (χ1n) is 14.2. The minimum atomic E-state index is -3.97. The maximum atomic E-state index is 14.0. The van der Waals surface area contributed by atoms with Crippen molar-refractivity contribution in [2.24, 2.45) is 0 Å². The Morgan fingerprint density at radius 2 is 1.36 bits per heavy atom. The van der Waals surface area contributed by atoms with Crippen LogP contribution < -0.4 is 9.46 Å². The number of carbonyl (C=O) groups excluding carboxylic acids is 1. The quantitative estimate of drug-likeness (QED) is 0.290. The number of sulfonamides is 1. The molecule has 0 radical (unpaired) electrons. The van der Waals surface area contributed by atoms with Crippen LogP contribution in [0.2, 0.25) is 0 Å². The second-order valence-electron chi connectivity index (χ2n) is 10.6. The average Bonchev–Trinajstić information content (AvgIpc) is 3.02. The van der Waals surface area contributed by atoms with E-state index in [1.165, 1.54) is 17.2 Å². The molecule has 218 valence electrons. The van der Waals surface area contributed by atoms with Crippen molar-refractivity contribution < 1.29 is 17.9 Å². The second-order valence-corrected chi connectivity index (χ2v) is 12.3. The monoisotopic (exact) mass is 583 g/mol. The van der Waals surface area contributed by atoms with Crippen molar-refractivity contribution in [2.75, 3.05) is 33.3 Å². The Bertz CT molecular complexity index is 1530. The molecule has 1 atom stereocenters. The van der Waals surface area contributed by atoms with Crippen molar-refractivity contribution in [1.82, 2.24) is 14.5 Å². The molecular weight excluding hydrogens is 546 g/mol. The molecule has 1 heterocycles. The van der Waals surface area contributed by atoms with E-state index in [9.17, 15) is 13.2 Å². The molecular formula is C34H37N3O4S. The number of nitrogens with one attached hydrogen (secondary N) is 1. The Balaban J connectivity index is 1.35. The van der Waals surface area contributed by atoms with Crippen LogP contribution in [0.4, 0.5) is 0 Å². The summed E-state index contributed by atoms with van der Waals surface area (Å²) in [6.07, 6.45) is 0.255. The Kier molecular flexibility index (Phi) is 9.37. The molecule has 1 fully saturated rings. The Labute approximate surface area is 248 Å². The summed E-state index contributed by atoms with van der Waals surface area (Å²) in [5.41, 5.74) is 3.99. The van der Waals surface area contributed by atoms with Gasteiger partial charge in [-0.25, -0.2) is 8.42 Å². The molecule has 7 nitrogen and oxygen atoms in total. The lowest BCUT2D eigenvalue weighted by atomic mass is 9.96. The number of ether oxygens (including phenoxy) is 1. The predicted molar refractivity (Wildman–Crippen MR) is 165 cm³/mol. The lowest BCUT2D eigenvalue weighted by molar-refractivity contribution is -0.135. The fraction of sp³-hybridized carbons (Fsp3) is 0.265. The van der Waals surface area contributed by atoms with Gasteiger partial charge in [-0.15, -0.1) is 0 Å². The topological polar surface area (TPSA) is 78.9 Å². The highest BCUT2D eigenvalue weighted by molar-refractivity contribution is 7.89. The fourth-order valence-corrected chi connectivity index (χ4v) is 6.88. The minimum absolute atomic E-state index is 0.0709. The number of benzene rings is 4. The molecule has 1 N–H and O–H groups in total. The lowest BCUT2D eigenvalue weighted by Gasteiger charge is -2.40. The molecule has 42 heavy (non-hydrogen) atoms. The second kappa shape index (κ2) is 13.3. The highest BCUT2D eigenvalue weighted by Crippen LogP contribution is 2.30. The van der Waals surface area contributed by atoms with Crippen molar-refractivity contribution in [3.63, 3.8) is 0 Å². The normalized spacial score (nSPS) is 15.0. The van der Waals surface area contributed by atoms with E-state index in [1.807, 2.05) is 42.5 Å².